The first-order chi connectivity index (χ1) is 12.9. The molecule has 1 aliphatic rings. The number of methoxy groups -OCH3 is 1. The quantitative estimate of drug-likeness (QED) is 0.893. The van der Waals surface area contributed by atoms with Gasteiger partial charge in [-0.3, -0.25) is 4.79 Å². The van der Waals surface area contributed by atoms with Gasteiger partial charge < -0.3 is 19.9 Å². The summed E-state index contributed by atoms with van der Waals surface area (Å²) in [6.45, 7) is 9.05. The molecular formula is C20H27N5O2. The van der Waals surface area contributed by atoms with Gasteiger partial charge in [0.1, 0.15) is 5.75 Å². The molecule has 0 radical (unpaired) electrons. The predicted molar refractivity (Wildman–Crippen MR) is 107 cm³/mol. The van der Waals surface area contributed by atoms with E-state index in [1.807, 2.05) is 49.9 Å². The van der Waals surface area contributed by atoms with Gasteiger partial charge in [0.05, 0.1) is 12.7 Å². The van der Waals surface area contributed by atoms with E-state index < -0.39 is 0 Å². The van der Waals surface area contributed by atoms with E-state index in [0.29, 0.717) is 24.6 Å². The molecule has 1 fully saturated rings. The molecule has 0 bridgehead atoms. The first-order valence-corrected chi connectivity index (χ1v) is 9.14. The highest BCUT2D eigenvalue weighted by atomic mass is 16.5. The number of carbonyl (C=O) groups is 1. The summed E-state index contributed by atoms with van der Waals surface area (Å²) in [6, 6.07) is 8.00. The Morgan fingerprint density at radius 2 is 1.63 bits per heavy atom. The third-order valence-electron chi connectivity index (χ3n) is 4.39. The number of anilines is 2. The maximum atomic E-state index is 12.7. The van der Waals surface area contributed by atoms with Crippen molar-refractivity contribution in [2.24, 2.45) is 0 Å². The first kappa shape index (κ1) is 18.9. The SMILES string of the molecule is COc1ccc(N2CCN(C(=O)c3cnc(NC(C)(C)C)nc3)CC2)cc1. The lowest BCUT2D eigenvalue weighted by Crippen LogP contribution is -2.48. The molecule has 144 valence electrons. The minimum Gasteiger partial charge on any atom is -0.497 e. The molecule has 7 heteroatoms. The predicted octanol–water partition coefficient (Wildman–Crippen LogP) is 2.66. The second kappa shape index (κ2) is 7.82. The highest BCUT2D eigenvalue weighted by Crippen LogP contribution is 2.21. The lowest BCUT2D eigenvalue weighted by molar-refractivity contribution is 0.0746. The van der Waals surface area contributed by atoms with Gasteiger partial charge in [-0.1, -0.05) is 0 Å². The molecule has 7 nitrogen and oxygen atoms in total. The van der Waals surface area contributed by atoms with E-state index in [-0.39, 0.29) is 11.4 Å². The third kappa shape index (κ3) is 4.87. The molecule has 2 aromatic rings. The number of piperazine rings is 1. The largest absolute Gasteiger partial charge is 0.497 e. The van der Waals surface area contributed by atoms with Gasteiger partial charge in [-0.2, -0.15) is 0 Å². The topological polar surface area (TPSA) is 70.6 Å². The molecule has 27 heavy (non-hydrogen) atoms. The minimum atomic E-state index is -0.122. The summed E-state index contributed by atoms with van der Waals surface area (Å²) in [5, 5.41) is 3.20. The number of hydrogen-bond acceptors (Lipinski definition) is 6. The molecular weight excluding hydrogens is 342 g/mol. The summed E-state index contributed by atoms with van der Waals surface area (Å²) in [5.74, 6) is 1.35. The molecule has 1 aliphatic heterocycles. The summed E-state index contributed by atoms with van der Waals surface area (Å²) in [7, 11) is 1.66. The van der Waals surface area contributed by atoms with Crippen LogP contribution in [0, 0.1) is 0 Å². The van der Waals surface area contributed by atoms with E-state index >= 15 is 0 Å². The van der Waals surface area contributed by atoms with Crippen molar-refractivity contribution in [3.8, 4) is 5.75 Å². The summed E-state index contributed by atoms with van der Waals surface area (Å²) in [6.07, 6.45) is 3.19. The van der Waals surface area contributed by atoms with Crippen molar-refractivity contribution in [1.29, 1.82) is 0 Å². The Morgan fingerprint density at radius 1 is 1.04 bits per heavy atom. The number of nitrogens with zero attached hydrogens (tertiary/aromatic N) is 4. The van der Waals surface area contributed by atoms with Crippen molar-refractivity contribution in [2.45, 2.75) is 26.3 Å². The van der Waals surface area contributed by atoms with Crippen molar-refractivity contribution in [2.75, 3.05) is 43.5 Å². The fourth-order valence-electron chi connectivity index (χ4n) is 2.98. The van der Waals surface area contributed by atoms with Crippen molar-refractivity contribution in [3.63, 3.8) is 0 Å². The van der Waals surface area contributed by atoms with Gasteiger partial charge in [0.2, 0.25) is 5.95 Å². The number of nitrogens with one attached hydrogen (secondary N) is 1. The van der Waals surface area contributed by atoms with Crippen LogP contribution in [0.5, 0.6) is 5.75 Å². The Balaban J connectivity index is 1.57. The third-order valence-corrected chi connectivity index (χ3v) is 4.39. The second-order valence-corrected chi connectivity index (χ2v) is 7.65. The number of benzene rings is 1. The van der Waals surface area contributed by atoms with Crippen molar-refractivity contribution >= 4 is 17.5 Å². The number of carbonyl (C=O) groups excluding carboxylic acids is 1. The maximum absolute atomic E-state index is 12.7. The van der Waals surface area contributed by atoms with Crippen LogP contribution in [0.4, 0.5) is 11.6 Å². The summed E-state index contributed by atoms with van der Waals surface area (Å²) in [5.41, 5.74) is 1.54. The Hall–Kier alpha value is -2.83. The standard InChI is InChI=1S/C20H27N5O2/c1-20(2,3)23-19-21-13-15(14-22-19)18(26)25-11-9-24(10-12-25)16-5-7-17(27-4)8-6-16/h5-8,13-14H,9-12H2,1-4H3,(H,21,22,23). The average Bonchev–Trinajstić information content (AvgIpc) is 2.67. The molecule has 0 unspecified atom stereocenters. The summed E-state index contributed by atoms with van der Waals surface area (Å²) in [4.78, 5) is 25.4. The lowest BCUT2D eigenvalue weighted by atomic mass is 10.1. The Bertz CT molecular complexity index is 760. The number of ether oxygens (including phenoxy) is 1. The summed E-state index contributed by atoms with van der Waals surface area (Å²) >= 11 is 0. The van der Waals surface area contributed by atoms with E-state index in [1.54, 1.807) is 19.5 Å². The highest BCUT2D eigenvalue weighted by Gasteiger charge is 2.23. The van der Waals surface area contributed by atoms with Gasteiger partial charge in [-0.05, 0) is 45.0 Å². The van der Waals surface area contributed by atoms with Crippen LogP contribution in [0.2, 0.25) is 0 Å². The molecule has 1 aromatic heterocycles. The highest BCUT2D eigenvalue weighted by molar-refractivity contribution is 5.93. The van der Waals surface area contributed by atoms with E-state index in [2.05, 4.69) is 20.2 Å². The van der Waals surface area contributed by atoms with Gasteiger partial charge >= 0.3 is 0 Å². The number of hydrogen-bond donors (Lipinski definition) is 1. The van der Waals surface area contributed by atoms with E-state index in [0.717, 1.165) is 24.5 Å². The monoisotopic (exact) mass is 369 g/mol. The number of amides is 1. The molecule has 0 saturated carbocycles. The van der Waals surface area contributed by atoms with Crippen molar-refractivity contribution in [1.82, 2.24) is 14.9 Å². The van der Waals surface area contributed by atoms with Crippen LogP contribution in [0.25, 0.3) is 0 Å². The van der Waals surface area contributed by atoms with Crippen LogP contribution >= 0.6 is 0 Å². The van der Waals surface area contributed by atoms with Crippen LogP contribution in [0.15, 0.2) is 36.7 Å². The molecule has 1 saturated heterocycles. The first-order valence-electron chi connectivity index (χ1n) is 9.14. The minimum absolute atomic E-state index is 0.0216. The maximum Gasteiger partial charge on any atom is 0.257 e. The zero-order chi connectivity index (χ0) is 19.4. The second-order valence-electron chi connectivity index (χ2n) is 7.65. The fraction of sp³-hybridized carbons (Fsp3) is 0.450. The molecule has 3 rings (SSSR count). The van der Waals surface area contributed by atoms with Crippen LogP contribution in [0.1, 0.15) is 31.1 Å². The van der Waals surface area contributed by atoms with Crippen molar-refractivity contribution < 1.29 is 9.53 Å². The van der Waals surface area contributed by atoms with Gasteiger partial charge in [0.25, 0.3) is 5.91 Å². The zero-order valence-electron chi connectivity index (χ0n) is 16.4. The molecule has 0 atom stereocenters. The molecule has 2 heterocycles. The molecule has 1 N–H and O–H groups in total. The van der Waals surface area contributed by atoms with Gasteiger partial charge in [0.15, 0.2) is 0 Å². The molecule has 1 amide bonds. The lowest BCUT2D eigenvalue weighted by Gasteiger charge is -2.36. The average molecular weight is 369 g/mol. The smallest absolute Gasteiger partial charge is 0.257 e. The van der Waals surface area contributed by atoms with E-state index in [1.165, 1.54) is 0 Å². The molecule has 0 aliphatic carbocycles. The fourth-order valence-corrected chi connectivity index (χ4v) is 2.98. The summed E-state index contributed by atoms with van der Waals surface area (Å²) < 4.78 is 5.20. The zero-order valence-corrected chi connectivity index (χ0v) is 16.4. The van der Waals surface area contributed by atoms with Gasteiger partial charge in [0, 0.05) is 49.8 Å². The Kier molecular flexibility index (Phi) is 5.48. The number of aromatic nitrogens is 2. The normalized spacial score (nSPS) is 14.8. The van der Waals surface area contributed by atoms with Gasteiger partial charge in [-0.25, -0.2) is 9.97 Å². The van der Waals surface area contributed by atoms with Crippen LogP contribution < -0.4 is 15.0 Å². The van der Waals surface area contributed by atoms with E-state index in [4.69, 9.17) is 4.74 Å². The van der Waals surface area contributed by atoms with Gasteiger partial charge in [-0.15, -0.1) is 0 Å². The molecule has 0 spiro atoms. The Morgan fingerprint density at radius 3 is 2.15 bits per heavy atom. The van der Waals surface area contributed by atoms with Crippen LogP contribution in [-0.2, 0) is 0 Å². The Labute approximate surface area is 160 Å². The van der Waals surface area contributed by atoms with Crippen LogP contribution in [0.3, 0.4) is 0 Å². The molecule has 1 aromatic carbocycles. The number of rotatable bonds is 4. The van der Waals surface area contributed by atoms with Crippen LogP contribution in [-0.4, -0.2) is 59.6 Å². The van der Waals surface area contributed by atoms with E-state index in [9.17, 15) is 4.79 Å². The van der Waals surface area contributed by atoms with Crippen molar-refractivity contribution in [3.05, 3.63) is 42.2 Å².